The van der Waals surface area contributed by atoms with Gasteiger partial charge >= 0.3 is 0 Å². The number of benzene rings is 9. The van der Waals surface area contributed by atoms with Crippen LogP contribution in [0.25, 0.3) is 82.7 Å². The van der Waals surface area contributed by atoms with Crippen LogP contribution in [0.1, 0.15) is 0 Å². The van der Waals surface area contributed by atoms with Gasteiger partial charge in [0.2, 0.25) is 5.89 Å². The number of aromatic nitrogens is 2. The summed E-state index contributed by atoms with van der Waals surface area (Å²) in [6.45, 7) is 0. The van der Waals surface area contributed by atoms with Gasteiger partial charge in [0.15, 0.2) is 5.58 Å². The van der Waals surface area contributed by atoms with E-state index in [0.717, 1.165) is 66.8 Å². The molecular weight excluding hydrogens is 671 g/mol. The molecule has 0 aliphatic carbocycles. The van der Waals surface area contributed by atoms with Crippen molar-refractivity contribution < 1.29 is 4.42 Å². The average molecular weight is 704 g/mol. The summed E-state index contributed by atoms with van der Waals surface area (Å²) in [7, 11) is 0. The van der Waals surface area contributed by atoms with E-state index in [0.29, 0.717) is 5.89 Å². The van der Waals surface area contributed by atoms with Gasteiger partial charge in [-0.05, 0) is 87.8 Å². The highest BCUT2D eigenvalue weighted by Gasteiger charge is 2.24. The zero-order valence-electron chi connectivity index (χ0n) is 29.8. The molecule has 11 aromatic rings. The number of anilines is 3. The molecule has 0 amide bonds. The van der Waals surface area contributed by atoms with Gasteiger partial charge in [0, 0.05) is 33.3 Å². The first-order valence-electron chi connectivity index (χ1n) is 18.6. The monoisotopic (exact) mass is 703 g/mol. The van der Waals surface area contributed by atoms with Crippen molar-refractivity contribution >= 4 is 71.5 Å². The second-order valence-corrected chi connectivity index (χ2v) is 13.9. The Hall–Kier alpha value is -7.43. The summed E-state index contributed by atoms with van der Waals surface area (Å²) in [6, 6.07) is 70.9. The van der Waals surface area contributed by atoms with Gasteiger partial charge in [0.25, 0.3) is 0 Å². The molecule has 0 saturated carbocycles. The van der Waals surface area contributed by atoms with E-state index in [-0.39, 0.29) is 0 Å². The van der Waals surface area contributed by atoms with E-state index in [1.54, 1.807) is 0 Å². The molecule has 258 valence electrons. The van der Waals surface area contributed by atoms with Crippen LogP contribution in [0.3, 0.4) is 0 Å². The molecule has 0 saturated heterocycles. The smallest absolute Gasteiger partial charge is 0.228 e. The van der Waals surface area contributed by atoms with Crippen LogP contribution in [0.5, 0.6) is 0 Å². The molecule has 2 heterocycles. The summed E-state index contributed by atoms with van der Waals surface area (Å²) in [5.41, 5.74) is 11.2. The van der Waals surface area contributed by atoms with Crippen molar-refractivity contribution in [2.45, 2.75) is 0 Å². The van der Waals surface area contributed by atoms with E-state index in [2.05, 4.69) is 204 Å². The minimum atomic E-state index is 0.600. The lowest BCUT2D eigenvalue weighted by molar-refractivity contribution is 0.621. The van der Waals surface area contributed by atoms with Crippen molar-refractivity contribution in [3.63, 3.8) is 0 Å². The second kappa shape index (κ2) is 12.6. The minimum absolute atomic E-state index is 0.600. The van der Waals surface area contributed by atoms with Crippen LogP contribution in [0.4, 0.5) is 17.1 Å². The highest BCUT2D eigenvalue weighted by Crippen LogP contribution is 2.46. The number of hydrogen-bond acceptors (Lipinski definition) is 3. The molecule has 4 heteroatoms. The van der Waals surface area contributed by atoms with Gasteiger partial charge in [-0.25, -0.2) is 4.98 Å². The first kappa shape index (κ1) is 31.1. The summed E-state index contributed by atoms with van der Waals surface area (Å²) in [6.07, 6.45) is 0. The van der Waals surface area contributed by atoms with E-state index < -0.39 is 0 Å². The molecule has 11 rings (SSSR count). The quantitative estimate of drug-likeness (QED) is 0.173. The van der Waals surface area contributed by atoms with Crippen LogP contribution in [0.15, 0.2) is 205 Å². The van der Waals surface area contributed by atoms with Gasteiger partial charge in [-0.1, -0.05) is 140 Å². The van der Waals surface area contributed by atoms with Gasteiger partial charge in [-0.15, -0.1) is 0 Å². The Morgan fingerprint density at radius 1 is 0.455 bits per heavy atom. The molecule has 0 aliphatic rings. The molecule has 0 radical (unpaired) electrons. The van der Waals surface area contributed by atoms with Gasteiger partial charge in [0.1, 0.15) is 5.52 Å². The summed E-state index contributed by atoms with van der Waals surface area (Å²) in [5.74, 6) is 0.600. The number of oxazole rings is 1. The summed E-state index contributed by atoms with van der Waals surface area (Å²) in [4.78, 5) is 7.46. The van der Waals surface area contributed by atoms with Crippen molar-refractivity contribution in [3.8, 4) is 28.3 Å². The lowest BCUT2D eigenvalue weighted by Crippen LogP contribution is -2.11. The number of hydrogen-bond donors (Lipinski definition) is 0. The van der Waals surface area contributed by atoms with E-state index in [9.17, 15) is 0 Å². The maximum absolute atomic E-state index is 6.88. The fraction of sp³-hybridized carbons (Fsp3) is 0. The predicted molar refractivity (Wildman–Crippen MR) is 229 cm³/mol. The normalized spacial score (nSPS) is 11.6. The van der Waals surface area contributed by atoms with Crippen LogP contribution in [-0.4, -0.2) is 9.55 Å². The van der Waals surface area contributed by atoms with E-state index >= 15 is 0 Å². The van der Waals surface area contributed by atoms with E-state index in [4.69, 9.17) is 9.40 Å². The third-order valence-electron chi connectivity index (χ3n) is 10.8. The van der Waals surface area contributed by atoms with Gasteiger partial charge < -0.3 is 13.9 Å². The van der Waals surface area contributed by atoms with Crippen molar-refractivity contribution in [3.05, 3.63) is 200 Å². The molecule has 0 fully saturated rings. The van der Waals surface area contributed by atoms with Crippen molar-refractivity contribution in [2.75, 3.05) is 4.90 Å². The number of fused-ring (bicyclic) bond motifs is 7. The standard InChI is InChI=1S/C51H33N3O/c1-3-15-35(16-4-1)40-23-11-12-27-45(40)54(48-28-14-26-44-50(48)55-51(52-44)42-25-13-19-34-17-7-9-22-39(34)42)38-30-32-46-43(33-38)49-41-24-10-8-18-36(41)29-31-47(49)53(46)37-20-5-2-6-21-37/h1-33H. The van der Waals surface area contributed by atoms with E-state index in [1.807, 2.05) is 6.07 Å². The maximum Gasteiger partial charge on any atom is 0.228 e. The van der Waals surface area contributed by atoms with Crippen LogP contribution in [-0.2, 0) is 0 Å². The largest absolute Gasteiger partial charge is 0.434 e. The van der Waals surface area contributed by atoms with Gasteiger partial charge in [0.05, 0.1) is 22.4 Å². The molecular formula is C51H33N3O. The molecule has 0 aliphatic heterocycles. The molecule has 9 aromatic carbocycles. The Morgan fingerprint density at radius 3 is 1.95 bits per heavy atom. The topological polar surface area (TPSA) is 34.2 Å². The predicted octanol–water partition coefficient (Wildman–Crippen LogP) is 14.0. The van der Waals surface area contributed by atoms with Crippen LogP contribution in [0.2, 0.25) is 0 Å². The number of nitrogens with zero attached hydrogens (tertiary/aromatic N) is 3. The molecule has 4 nitrogen and oxygen atoms in total. The molecule has 0 N–H and O–H groups in total. The zero-order chi connectivity index (χ0) is 36.3. The Morgan fingerprint density at radius 2 is 1.09 bits per heavy atom. The highest BCUT2D eigenvalue weighted by molar-refractivity contribution is 6.22. The van der Waals surface area contributed by atoms with Gasteiger partial charge in [-0.3, -0.25) is 0 Å². The molecule has 2 aromatic heterocycles. The third kappa shape index (κ3) is 5.03. The summed E-state index contributed by atoms with van der Waals surface area (Å²) >= 11 is 0. The molecule has 0 spiro atoms. The summed E-state index contributed by atoms with van der Waals surface area (Å²) < 4.78 is 9.27. The van der Waals surface area contributed by atoms with Crippen molar-refractivity contribution in [2.24, 2.45) is 0 Å². The van der Waals surface area contributed by atoms with Crippen LogP contribution in [0, 0.1) is 0 Å². The summed E-state index contributed by atoms with van der Waals surface area (Å²) in [5, 5.41) is 7.10. The number of para-hydroxylation sites is 3. The van der Waals surface area contributed by atoms with Crippen LogP contribution >= 0.6 is 0 Å². The van der Waals surface area contributed by atoms with Crippen LogP contribution < -0.4 is 4.90 Å². The minimum Gasteiger partial charge on any atom is -0.434 e. The Kier molecular flexibility index (Phi) is 7.14. The average Bonchev–Trinajstić information content (AvgIpc) is 3.84. The van der Waals surface area contributed by atoms with Crippen molar-refractivity contribution in [1.29, 1.82) is 0 Å². The molecule has 0 unspecified atom stereocenters. The third-order valence-corrected chi connectivity index (χ3v) is 10.8. The highest BCUT2D eigenvalue weighted by atomic mass is 16.3. The Balaban J connectivity index is 1.21. The molecule has 0 bridgehead atoms. The fourth-order valence-corrected chi connectivity index (χ4v) is 8.35. The maximum atomic E-state index is 6.88. The zero-order valence-corrected chi connectivity index (χ0v) is 29.8. The Labute approximate surface area is 317 Å². The van der Waals surface area contributed by atoms with Crippen molar-refractivity contribution in [1.82, 2.24) is 9.55 Å². The lowest BCUT2D eigenvalue weighted by Gasteiger charge is -2.28. The Bertz CT molecular complexity index is 3210. The first-order valence-corrected chi connectivity index (χ1v) is 18.6. The van der Waals surface area contributed by atoms with Gasteiger partial charge in [-0.2, -0.15) is 0 Å². The van der Waals surface area contributed by atoms with E-state index in [1.165, 1.54) is 27.1 Å². The molecule has 55 heavy (non-hydrogen) atoms. The molecule has 0 atom stereocenters. The second-order valence-electron chi connectivity index (χ2n) is 13.9. The number of rotatable bonds is 6. The fourth-order valence-electron chi connectivity index (χ4n) is 8.35. The SMILES string of the molecule is c1ccc(-c2ccccc2N(c2ccc3c(c2)c2c4ccccc4ccc2n3-c2ccccc2)c2cccc3nc(-c4cccc5ccccc45)oc23)cc1. The lowest BCUT2D eigenvalue weighted by atomic mass is 10.0. The first-order chi connectivity index (χ1) is 27.3.